The van der Waals surface area contributed by atoms with Gasteiger partial charge >= 0.3 is 0 Å². The summed E-state index contributed by atoms with van der Waals surface area (Å²) in [5.41, 5.74) is 2.54. The largest absolute Gasteiger partial charge is 0.372 e. The normalized spacial score (nSPS) is 17.1. The van der Waals surface area contributed by atoms with Gasteiger partial charge in [-0.3, -0.25) is 0 Å². The highest BCUT2D eigenvalue weighted by molar-refractivity contribution is 5.02. The third-order valence-electron chi connectivity index (χ3n) is 3.21. The average Bonchev–Trinajstić information content (AvgIpc) is 2.27. The molecule has 1 saturated heterocycles. The Balaban J connectivity index is 2.42. The predicted molar refractivity (Wildman–Crippen MR) is 66.6 cm³/mol. The van der Waals surface area contributed by atoms with Gasteiger partial charge in [0.15, 0.2) is 0 Å². The minimum Gasteiger partial charge on any atom is -0.372 e. The maximum atomic E-state index is 4.15. The highest BCUT2D eigenvalue weighted by Gasteiger charge is 2.19. The van der Waals surface area contributed by atoms with E-state index < -0.39 is 0 Å². The number of allylic oxidation sites excluding steroid dienone is 2. The molecule has 0 aromatic carbocycles. The Morgan fingerprint density at radius 3 is 1.93 bits per heavy atom. The monoisotopic (exact) mass is 208 g/mol. The second-order valence-electron chi connectivity index (χ2n) is 4.54. The molecule has 2 nitrogen and oxygen atoms in total. The molecular weight excluding hydrogens is 184 g/mol. The number of rotatable bonds is 4. The first-order valence-corrected chi connectivity index (χ1v) is 5.92. The average molecular weight is 208 g/mol. The summed E-state index contributed by atoms with van der Waals surface area (Å²) in [6.45, 7) is 19.2. The summed E-state index contributed by atoms with van der Waals surface area (Å²) in [7, 11) is 0. The van der Waals surface area contributed by atoms with Crippen LogP contribution in [0.1, 0.15) is 27.2 Å². The lowest BCUT2D eigenvalue weighted by Gasteiger charge is -2.39. The van der Waals surface area contributed by atoms with Gasteiger partial charge in [0.25, 0.3) is 0 Å². The Hall–Kier alpha value is -0.920. The molecule has 0 unspecified atom stereocenters. The van der Waals surface area contributed by atoms with E-state index in [0.29, 0.717) is 5.92 Å². The lowest BCUT2D eigenvalue weighted by molar-refractivity contribution is 0.179. The number of piperazine rings is 1. The summed E-state index contributed by atoms with van der Waals surface area (Å²) < 4.78 is 0. The van der Waals surface area contributed by atoms with Gasteiger partial charge in [0.05, 0.1) is 0 Å². The van der Waals surface area contributed by atoms with Crippen LogP contribution >= 0.6 is 0 Å². The maximum Gasteiger partial charge on any atom is 0.0351 e. The molecule has 15 heavy (non-hydrogen) atoms. The lowest BCUT2D eigenvalue weighted by atomic mass is 10.1. The number of hydrogen-bond acceptors (Lipinski definition) is 2. The molecule has 86 valence electrons. The standard InChI is InChI=1S/C13H24N2/c1-6-12(4)14-7-9-15(10-8-14)13(5)11(2)3/h11H,4-10H2,1-3H3. The molecule has 0 aromatic heterocycles. The van der Waals surface area contributed by atoms with Gasteiger partial charge in [0, 0.05) is 37.6 Å². The Morgan fingerprint density at radius 2 is 1.53 bits per heavy atom. The van der Waals surface area contributed by atoms with E-state index in [0.717, 1.165) is 32.6 Å². The molecule has 0 radical (unpaired) electrons. The predicted octanol–water partition coefficient (Wildman–Crippen LogP) is 2.70. The molecule has 1 heterocycles. The first kappa shape index (κ1) is 12.2. The molecule has 0 amide bonds. The lowest BCUT2D eigenvalue weighted by Crippen LogP contribution is -2.45. The zero-order chi connectivity index (χ0) is 11.4. The van der Waals surface area contributed by atoms with Crippen LogP contribution in [0.2, 0.25) is 0 Å². The van der Waals surface area contributed by atoms with Crippen molar-refractivity contribution in [1.82, 2.24) is 9.80 Å². The minimum atomic E-state index is 0.561. The van der Waals surface area contributed by atoms with Crippen LogP contribution in [-0.2, 0) is 0 Å². The van der Waals surface area contributed by atoms with Gasteiger partial charge in [0.2, 0.25) is 0 Å². The van der Waals surface area contributed by atoms with Crippen LogP contribution in [0.25, 0.3) is 0 Å². The Labute approximate surface area is 94.3 Å². The molecule has 0 aromatic rings. The number of hydrogen-bond donors (Lipinski definition) is 0. The van der Waals surface area contributed by atoms with Crippen molar-refractivity contribution in [2.24, 2.45) is 5.92 Å². The summed E-state index contributed by atoms with van der Waals surface area (Å²) in [5, 5.41) is 0. The van der Waals surface area contributed by atoms with Crippen molar-refractivity contribution >= 4 is 0 Å². The van der Waals surface area contributed by atoms with Crippen LogP contribution in [0.5, 0.6) is 0 Å². The van der Waals surface area contributed by atoms with E-state index in [1.54, 1.807) is 0 Å². The summed E-state index contributed by atoms with van der Waals surface area (Å²) in [4.78, 5) is 4.80. The highest BCUT2D eigenvalue weighted by atomic mass is 15.3. The summed E-state index contributed by atoms with van der Waals surface area (Å²) in [5.74, 6) is 0.561. The van der Waals surface area contributed by atoms with Crippen LogP contribution in [0.15, 0.2) is 24.6 Å². The molecule has 0 atom stereocenters. The Morgan fingerprint density at radius 1 is 1.07 bits per heavy atom. The van der Waals surface area contributed by atoms with Crippen molar-refractivity contribution in [3.05, 3.63) is 24.6 Å². The van der Waals surface area contributed by atoms with Crippen LogP contribution in [0.3, 0.4) is 0 Å². The van der Waals surface area contributed by atoms with Crippen LogP contribution < -0.4 is 0 Å². The van der Waals surface area contributed by atoms with Crippen molar-refractivity contribution in [2.45, 2.75) is 27.2 Å². The molecular formula is C13H24N2. The van der Waals surface area contributed by atoms with Crippen LogP contribution in [-0.4, -0.2) is 36.0 Å². The van der Waals surface area contributed by atoms with Gasteiger partial charge in [-0.15, -0.1) is 0 Å². The first-order chi connectivity index (χ1) is 7.06. The van der Waals surface area contributed by atoms with Crippen LogP contribution in [0, 0.1) is 5.92 Å². The smallest absolute Gasteiger partial charge is 0.0351 e. The van der Waals surface area contributed by atoms with E-state index in [2.05, 4.69) is 43.7 Å². The summed E-state index contributed by atoms with van der Waals surface area (Å²) in [6.07, 6.45) is 1.06. The van der Waals surface area contributed by atoms with Gasteiger partial charge in [-0.2, -0.15) is 0 Å². The highest BCUT2D eigenvalue weighted by Crippen LogP contribution is 2.17. The molecule has 0 N–H and O–H groups in total. The maximum absolute atomic E-state index is 4.15. The molecule has 1 fully saturated rings. The van der Waals surface area contributed by atoms with Crippen molar-refractivity contribution in [2.75, 3.05) is 26.2 Å². The van der Waals surface area contributed by atoms with E-state index in [4.69, 9.17) is 0 Å². The summed E-state index contributed by atoms with van der Waals surface area (Å²) in [6, 6.07) is 0. The van der Waals surface area contributed by atoms with Gasteiger partial charge in [-0.25, -0.2) is 0 Å². The molecule has 1 aliphatic rings. The quantitative estimate of drug-likeness (QED) is 0.701. The van der Waals surface area contributed by atoms with E-state index in [9.17, 15) is 0 Å². The van der Waals surface area contributed by atoms with E-state index in [-0.39, 0.29) is 0 Å². The zero-order valence-electron chi connectivity index (χ0n) is 10.4. The van der Waals surface area contributed by atoms with E-state index in [1.165, 1.54) is 11.4 Å². The zero-order valence-corrected chi connectivity index (χ0v) is 10.4. The minimum absolute atomic E-state index is 0.561. The fraction of sp³-hybridized carbons (Fsp3) is 0.692. The molecule has 0 bridgehead atoms. The Kier molecular flexibility index (Phi) is 4.25. The number of nitrogens with zero attached hydrogens (tertiary/aromatic N) is 2. The first-order valence-electron chi connectivity index (χ1n) is 5.92. The van der Waals surface area contributed by atoms with Gasteiger partial charge in [-0.1, -0.05) is 33.9 Å². The fourth-order valence-electron chi connectivity index (χ4n) is 1.90. The molecule has 0 aliphatic carbocycles. The van der Waals surface area contributed by atoms with Crippen LogP contribution in [0.4, 0.5) is 0 Å². The topological polar surface area (TPSA) is 6.48 Å². The molecule has 0 saturated carbocycles. The molecule has 0 spiro atoms. The van der Waals surface area contributed by atoms with E-state index in [1.807, 2.05) is 0 Å². The van der Waals surface area contributed by atoms with Gasteiger partial charge in [-0.05, 0) is 12.3 Å². The molecule has 2 heteroatoms. The third kappa shape index (κ3) is 3.01. The van der Waals surface area contributed by atoms with Crippen molar-refractivity contribution in [3.63, 3.8) is 0 Å². The summed E-state index contributed by atoms with van der Waals surface area (Å²) >= 11 is 0. The molecule has 1 aliphatic heterocycles. The molecule has 1 rings (SSSR count). The second kappa shape index (κ2) is 5.24. The van der Waals surface area contributed by atoms with Crippen molar-refractivity contribution in [3.8, 4) is 0 Å². The third-order valence-corrected chi connectivity index (χ3v) is 3.21. The van der Waals surface area contributed by atoms with Crippen molar-refractivity contribution in [1.29, 1.82) is 0 Å². The fourth-order valence-corrected chi connectivity index (χ4v) is 1.90. The van der Waals surface area contributed by atoms with Gasteiger partial charge < -0.3 is 9.80 Å². The van der Waals surface area contributed by atoms with E-state index >= 15 is 0 Å². The Bertz CT molecular complexity index is 235. The SMILES string of the molecule is C=C(CC)N1CCN(C(=C)C(C)C)CC1. The second-order valence-corrected chi connectivity index (χ2v) is 4.54. The van der Waals surface area contributed by atoms with Gasteiger partial charge in [0.1, 0.15) is 0 Å². The van der Waals surface area contributed by atoms with Crippen molar-refractivity contribution < 1.29 is 0 Å².